The third-order valence-electron chi connectivity index (χ3n) is 16.1. The first kappa shape index (κ1) is 58.5. The monoisotopic (exact) mass is 1120 g/mol. The van der Waals surface area contributed by atoms with E-state index in [1.807, 2.05) is 0 Å². The van der Waals surface area contributed by atoms with Crippen molar-refractivity contribution in [1.29, 1.82) is 0 Å². The predicted molar refractivity (Wildman–Crippen MR) is 271 cm³/mol. The number of ether oxygens (including phenoxy) is 4. The molecular formula is C55H61F3N6O16. The summed E-state index contributed by atoms with van der Waals surface area (Å²) in [5, 5.41) is 32.7. The molecule has 25 heteroatoms. The van der Waals surface area contributed by atoms with Gasteiger partial charge in [0.1, 0.15) is 37.1 Å². The Labute approximate surface area is 456 Å². The highest BCUT2D eigenvalue weighted by Crippen LogP contribution is 2.72. The topological polar surface area (TPSA) is 311 Å². The van der Waals surface area contributed by atoms with Crippen LogP contribution in [0.15, 0.2) is 78.4 Å². The van der Waals surface area contributed by atoms with Gasteiger partial charge in [0.15, 0.2) is 29.1 Å². The zero-order valence-corrected chi connectivity index (χ0v) is 43.9. The minimum Gasteiger partial charge on any atom is -0.493 e. The minimum atomic E-state index is -2.46. The number of anilines is 1. The lowest BCUT2D eigenvalue weighted by Crippen LogP contribution is -2.70. The standard InChI is InChI=1S/C55H61F3N6O16/c1-29(63-46(71)26-60-44(69)24-59-43(68)12-10-30-9-11-33(64-47(72)13-14-48(64)73)19-39(30)78-17-5-8-49(74)75)50(76)61-25-45(70)62-28-77-27-41(67)55-42(79-51(80-55)31-6-4-7-32(56)18-31)22-35-36-21-38(57)37-20-34(65)15-16-52(37,2)54(36,58)40(66)23-53(35,55)3/h4,6-7,9,11,13-16,18-20,29,35-36,38,40,42,51,66H,5,8,10,12,17,21-28H2,1-3H3,(H,59,68)(H,60,69)(H,61,76)(H,62,70)(H,63,71)(H,74,75)/t29-,35-,36-,38-,40-,42+,51+,52-,53-,54-,55+/m0/s1. The molecule has 0 radical (unpaired) electrons. The summed E-state index contributed by atoms with van der Waals surface area (Å²) in [7, 11) is 0. The van der Waals surface area contributed by atoms with Gasteiger partial charge in [0.25, 0.3) is 11.8 Å². The van der Waals surface area contributed by atoms with Crippen LogP contribution in [0.2, 0.25) is 0 Å². The molecule has 4 aliphatic carbocycles. The number of nitrogens with zero attached hydrogens (tertiary/aromatic N) is 1. The lowest BCUT2D eigenvalue weighted by atomic mass is 9.44. The van der Waals surface area contributed by atoms with Crippen LogP contribution in [0, 0.1) is 28.5 Å². The summed E-state index contributed by atoms with van der Waals surface area (Å²) in [5.41, 5.74) is -6.63. The number of aryl methyl sites for hydroxylation is 1. The molecule has 3 saturated carbocycles. The number of ketones is 2. The third-order valence-corrected chi connectivity index (χ3v) is 16.1. The molecule has 2 aliphatic heterocycles. The van der Waals surface area contributed by atoms with Crippen LogP contribution in [0.3, 0.4) is 0 Å². The smallest absolute Gasteiger partial charge is 0.303 e. The van der Waals surface area contributed by atoms with E-state index in [1.165, 1.54) is 56.3 Å². The third kappa shape index (κ3) is 11.4. The van der Waals surface area contributed by atoms with Crippen LogP contribution in [0.25, 0.3) is 0 Å². The molecular weight excluding hydrogens is 1060 g/mol. The van der Waals surface area contributed by atoms with Crippen LogP contribution in [0.1, 0.15) is 76.7 Å². The van der Waals surface area contributed by atoms with Crippen molar-refractivity contribution in [2.24, 2.45) is 22.7 Å². The second-order valence-corrected chi connectivity index (χ2v) is 21.0. The second-order valence-electron chi connectivity index (χ2n) is 21.0. The van der Waals surface area contributed by atoms with E-state index in [0.29, 0.717) is 5.56 Å². The lowest BCUT2D eigenvalue weighted by Gasteiger charge is -2.63. The number of hydrogen-bond donors (Lipinski definition) is 7. The number of aliphatic hydroxyl groups excluding tert-OH is 1. The molecule has 7 amide bonds. The Morgan fingerprint density at radius 3 is 2.29 bits per heavy atom. The zero-order valence-electron chi connectivity index (χ0n) is 43.9. The van der Waals surface area contributed by atoms with Crippen LogP contribution >= 0.6 is 0 Å². The number of rotatable bonds is 23. The Balaban J connectivity index is 0.775. The molecule has 6 aliphatic rings. The summed E-state index contributed by atoms with van der Waals surface area (Å²) in [5.74, 6) is -9.40. The molecule has 2 heterocycles. The highest BCUT2D eigenvalue weighted by Gasteiger charge is 2.80. The van der Waals surface area contributed by atoms with Crippen LogP contribution in [0.5, 0.6) is 5.75 Å². The summed E-state index contributed by atoms with van der Waals surface area (Å²) in [6.45, 7) is 1.42. The van der Waals surface area contributed by atoms with Gasteiger partial charge in [-0.05, 0) is 93.4 Å². The number of alkyl halides is 2. The number of carbonyl (C=O) groups excluding carboxylic acids is 9. The normalized spacial score (nSPS) is 29.3. The molecule has 7 N–H and O–H groups in total. The van der Waals surface area contributed by atoms with Gasteiger partial charge in [0, 0.05) is 53.4 Å². The van der Waals surface area contributed by atoms with Gasteiger partial charge in [-0.1, -0.05) is 31.2 Å². The Bertz CT molecular complexity index is 2960. The summed E-state index contributed by atoms with van der Waals surface area (Å²) in [4.78, 5) is 127. The number of halogens is 3. The van der Waals surface area contributed by atoms with Crippen molar-refractivity contribution < 1.29 is 90.3 Å². The van der Waals surface area contributed by atoms with E-state index in [1.54, 1.807) is 13.0 Å². The number of carbonyl (C=O) groups is 10. The first-order valence-corrected chi connectivity index (χ1v) is 26.0. The molecule has 80 heavy (non-hydrogen) atoms. The van der Waals surface area contributed by atoms with Gasteiger partial charge in [0.05, 0.1) is 44.1 Å². The van der Waals surface area contributed by atoms with Gasteiger partial charge in [-0.3, -0.25) is 47.9 Å². The fourth-order valence-electron chi connectivity index (χ4n) is 12.2. The van der Waals surface area contributed by atoms with Gasteiger partial charge in [-0.25, -0.2) is 18.1 Å². The van der Waals surface area contributed by atoms with E-state index in [2.05, 4.69) is 26.6 Å². The molecule has 0 spiro atoms. The summed E-state index contributed by atoms with van der Waals surface area (Å²) in [6, 6.07) is 8.61. The molecule has 8 rings (SSSR count). The number of carboxylic acids is 1. The fourth-order valence-corrected chi connectivity index (χ4v) is 12.2. The molecule has 0 aromatic heterocycles. The van der Waals surface area contributed by atoms with Crippen LogP contribution in [-0.4, -0.2) is 144 Å². The Morgan fingerprint density at radius 1 is 0.863 bits per heavy atom. The number of Topliss-reactive ketones (excluding diaryl/α,β-unsaturated/α-hetero) is 1. The average molecular weight is 1120 g/mol. The second kappa shape index (κ2) is 23.6. The molecule has 0 unspecified atom stereocenters. The van der Waals surface area contributed by atoms with E-state index >= 15 is 8.78 Å². The Morgan fingerprint density at radius 2 is 1.56 bits per heavy atom. The Kier molecular flexibility index (Phi) is 17.3. The summed E-state index contributed by atoms with van der Waals surface area (Å²) in [6.07, 6.45) is -0.973. The quantitative estimate of drug-likeness (QED) is 0.0474. The van der Waals surface area contributed by atoms with Gasteiger partial charge < -0.3 is 55.7 Å². The highest BCUT2D eigenvalue weighted by atomic mass is 19.1. The van der Waals surface area contributed by atoms with E-state index in [-0.39, 0.29) is 67.7 Å². The van der Waals surface area contributed by atoms with Crippen molar-refractivity contribution >= 4 is 64.6 Å². The van der Waals surface area contributed by atoms with Gasteiger partial charge in [-0.15, -0.1) is 0 Å². The van der Waals surface area contributed by atoms with E-state index < -0.39 is 169 Å². The first-order valence-electron chi connectivity index (χ1n) is 26.0. The van der Waals surface area contributed by atoms with Gasteiger partial charge in [0.2, 0.25) is 29.5 Å². The number of allylic oxidation sites excluding steroid dienone is 4. The number of imide groups is 1. The van der Waals surface area contributed by atoms with Crippen molar-refractivity contribution in [2.45, 2.75) is 108 Å². The predicted octanol–water partition coefficient (Wildman–Crippen LogP) is 1.73. The number of benzene rings is 2. The highest BCUT2D eigenvalue weighted by molar-refractivity contribution is 6.28. The van der Waals surface area contributed by atoms with Crippen molar-refractivity contribution in [3.63, 3.8) is 0 Å². The van der Waals surface area contributed by atoms with Gasteiger partial charge in [-0.2, -0.15) is 0 Å². The molecule has 1 saturated heterocycles. The molecule has 4 fully saturated rings. The maximum atomic E-state index is 17.9. The first-order chi connectivity index (χ1) is 37.9. The van der Waals surface area contributed by atoms with Crippen molar-refractivity contribution in [2.75, 3.05) is 44.5 Å². The van der Waals surface area contributed by atoms with Gasteiger partial charge >= 0.3 is 5.97 Å². The maximum Gasteiger partial charge on any atom is 0.303 e. The molecule has 11 atom stereocenters. The molecule has 0 bridgehead atoms. The van der Waals surface area contributed by atoms with E-state index in [0.717, 1.165) is 29.2 Å². The minimum absolute atomic E-state index is 0.00773. The number of aliphatic hydroxyl groups is 1. The summed E-state index contributed by atoms with van der Waals surface area (Å²) < 4.78 is 72.7. The number of hydrogen-bond acceptors (Lipinski definition) is 15. The number of aliphatic carboxylic acids is 1. The zero-order chi connectivity index (χ0) is 57.9. The number of fused-ring (bicyclic) bond motifs is 7. The summed E-state index contributed by atoms with van der Waals surface area (Å²) >= 11 is 0. The lowest BCUT2D eigenvalue weighted by molar-refractivity contribution is -0.235. The molecule has 22 nitrogen and oxygen atoms in total. The van der Waals surface area contributed by atoms with Crippen molar-refractivity contribution in [3.05, 3.63) is 95.4 Å². The van der Waals surface area contributed by atoms with E-state index in [9.17, 15) is 57.4 Å². The number of nitrogens with one attached hydrogen (secondary N) is 5. The average Bonchev–Trinajstić information content (AvgIpc) is 4.19. The number of carboxylic acid groups (broad SMARTS) is 1. The fraction of sp³-hybridized carbons (Fsp3) is 0.491. The molecule has 2 aromatic rings. The Hall–Kier alpha value is -7.61. The van der Waals surface area contributed by atoms with Crippen LogP contribution in [0.4, 0.5) is 18.9 Å². The molecule has 2 aromatic carbocycles. The maximum absolute atomic E-state index is 17.9. The van der Waals surface area contributed by atoms with E-state index in [4.69, 9.17) is 24.1 Å². The van der Waals surface area contributed by atoms with Crippen LogP contribution in [-0.2, 0) is 68.6 Å². The largest absolute Gasteiger partial charge is 0.493 e. The van der Waals surface area contributed by atoms with Crippen molar-refractivity contribution in [1.82, 2.24) is 26.6 Å². The van der Waals surface area contributed by atoms with Crippen LogP contribution < -0.4 is 36.2 Å². The number of amides is 7. The molecule has 428 valence electrons. The SMILES string of the molecule is C[C@H](NC(=O)CNC(=O)CNC(=O)CCc1ccc(N2C(=O)C=CC2=O)cc1OCCCC(=O)O)C(=O)NCC(=O)NCOCC(=O)[C@@]12O[C@H](c3cccc(F)c3)O[C@@H]1C[C@H]1[C@@H]3C[C@H](F)C4=CC(=O)C=C[C@]4(C)[C@@]3(F)[C@@H](O)C[C@@]12C. The van der Waals surface area contributed by atoms with Crippen molar-refractivity contribution in [3.8, 4) is 5.75 Å².